The zero-order valence-corrected chi connectivity index (χ0v) is 16.8. The lowest BCUT2D eigenvalue weighted by Gasteiger charge is -2.21. The summed E-state index contributed by atoms with van der Waals surface area (Å²) in [6.45, 7) is 6.10. The second-order valence-electron chi connectivity index (χ2n) is 6.53. The Morgan fingerprint density at radius 2 is 1.64 bits per heavy atom. The highest BCUT2D eigenvalue weighted by atomic mass is 16.5. The minimum atomic E-state index is -0.707. The molecule has 0 bridgehead atoms. The predicted octanol–water partition coefficient (Wildman–Crippen LogP) is 3.83. The van der Waals surface area contributed by atoms with Crippen LogP contribution in [0.3, 0.4) is 0 Å². The van der Waals surface area contributed by atoms with E-state index in [0.717, 1.165) is 12.0 Å². The smallest absolute Gasteiger partial charge is 0.279 e. The van der Waals surface area contributed by atoms with Crippen molar-refractivity contribution >= 4 is 11.8 Å². The number of carbonyl (C=O) groups excluding carboxylic acids is 2. The Hall–Kier alpha value is -3.02. The van der Waals surface area contributed by atoms with E-state index in [1.54, 1.807) is 31.4 Å². The molecule has 0 radical (unpaired) electrons. The van der Waals surface area contributed by atoms with Crippen LogP contribution in [0.15, 0.2) is 48.5 Å². The number of ether oxygens (including phenoxy) is 2. The molecule has 6 nitrogen and oxygen atoms in total. The third-order valence-corrected chi connectivity index (χ3v) is 4.65. The number of amides is 2. The van der Waals surface area contributed by atoms with Crippen molar-refractivity contribution in [1.29, 1.82) is 0 Å². The molecule has 150 valence electrons. The molecular formula is C22H28N2O4. The molecule has 2 unspecified atom stereocenters. The van der Waals surface area contributed by atoms with Crippen molar-refractivity contribution in [3.05, 3.63) is 59.7 Å². The van der Waals surface area contributed by atoms with Crippen molar-refractivity contribution in [2.24, 2.45) is 0 Å². The van der Waals surface area contributed by atoms with E-state index in [1.165, 1.54) is 0 Å². The summed E-state index contributed by atoms with van der Waals surface area (Å²) in [6, 6.07) is 14.3. The number of carbonyl (C=O) groups is 2. The van der Waals surface area contributed by atoms with E-state index in [4.69, 9.17) is 9.47 Å². The summed E-state index contributed by atoms with van der Waals surface area (Å²) in [5.41, 5.74) is 6.36. The molecule has 0 saturated heterocycles. The van der Waals surface area contributed by atoms with Crippen LogP contribution in [-0.2, 0) is 4.79 Å². The van der Waals surface area contributed by atoms with Crippen LogP contribution in [0.25, 0.3) is 0 Å². The predicted molar refractivity (Wildman–Crippen MR) is 108 cm³/mol. The van der Waals surface area contributed by atoms with Gasteiger partial charge in [-0.2, -0.15) is 0 Å². The molecule has 2 rings (SSSR count). The Morgan fingerprint density at radius 1 is 0.964 bits per heavy atom. The molecule has 28 heavy (non-hydrogen) atoms. The molecule has 0 aliphatic carbocycles. The first-order chi connectivity index (χ1) is 13.5. The highest BCUT2D eigenvalue weighted by Gasteiger charge is 2.21. The van der Waals surface area contributed by atoms with Gasteiger partial charge in [0, 0.05) is 5.56 Å². The average molecular weight is 384 g/mol. The summed E-state index contributed by atoms with van der Waals surface area (Å²) in [5, 5.41) is 0. The van der Waals surface area contributed by atoms with E-state index in [2.05, 4.69) is 24.7 Å². The molecule has 0 aliphatic heterocycles. The minimum Gasteiger partial charge on any atom is -0.497 e. The second kappa shape index (κ2) is 10.3. The molecule has 0 fully saturated rings. The molecule has 0 spiro atoms. The first-order valence-electron chi connectivity index (χ1n) is 9.49. The Kier molecular flexibility index (Phi) is 7.87. The average Bonchev–Trinajstić information content (AvgIpc) is 2.75. The summed E-state index contributed by atoms with van der Waals surface area (Å²) in [6.07, 6.45) is 0.738. The van der Waals surface area contributed by atoms with Gasteiger partial charge < -0.3 is 9.47 Å². The van der Waals surface area contributed by atoms with Crippen molar-refractivity contribution in [1.82, 2.24) is 10.9 Å². The number of benzene rings is 2. The fourth-order valence-electron chi connectivity index (χ4n) is 2.70. The van der Waals surface area contributed by atoms with E-state index >= 15 is 0 Å². The molecule has 2 atom stereocenters. The van der Waals surface area contributed by atoms with Gasteiger partial charge in [0.2, 0.25) is 0 Å². The maximum absolute atomic E-state index is 12.5. The summed E-state index contributed by atoms with van der Waals surface area (Å²) in [5.74, 6) is 0.862. The van der Waals surface area contributed by atoms with E-state index in [1.807, 2.05) is 31.2 Å². The fourth-order valence-corrected chi connectivity index (χ4v) is 2.70. The minimum absolute atomic E-state index is 0.326. The number of rotatable bonds is 8. The number of hydrogen-bond donors (Lipinski definition) is 2. The Balaban J connectivity index is 1.99. The van der Waals surface area contributed by atoms with Gasteiger partial charge in [0.05, 0.1) is 7.11 Å². The number of para-hydroxylation sites is 1. The van der Waals surface area contributed by atoms with Gasteiger partial charge in [-0.05, 0) is 54.7 Å². The van der Waals surface area contributed by atoms with Crippen LogP contribution in [0.4, 0.5) is 0 Å². The van der Waals surface area contributed by atoms with E-state index in [0.29, 0.717) is 29.4 Å². The lowest BCUT2D eigenvalue weighted by molar-refractivity contribution is -0.128. The lowest BCUT2D eigenvalue weighted by Crippen LogP contribution is -2.48. The molecule has 2 N–H and O–H groups in total. The van der Waals surface area contributed by atoms with Gasteiger partial charge in [-0.3, -0.25) is 20.4 Å². The Bertz CT molecular complexity index is 789. The van der Waals surface area contributed by atoms with Gasteiger partial charge in [0.25, 0.3) is 11.8 Å². The molecule has 0 heterocycles. The Morgan fingerprint density at radius 3 is 2.25 bits per heavy atom. The molecule has 0 saturated carbocycles. The van der Waals surface area contributed by atoms with Gasteiger partial charge >= 0.3 is 0 Å². The second-order valence-corrected chi connectivity index (χ2v) is 6.53. The largest absolute Gasteiger partial charge is 0.497 e. The molecule has 2 aromatic rings. The van der Waals surface area contributed by atoms with Gasteiger partial charge in [-0.1, -0.05) is 39.0 Å². The third-order valence-electron chi connectivity index (χ3n) is 4.65. The number of hydrogen-bond acceptors (Lipinski definition) is 4. The Labute approximate surface area is 166 Å². The van der Waals surface area contributed by atoms with Crippen LogP contribution in [0.2, 0.25) is 0 Å². The van der Waals surface area contributed by atoms with Crippen molar-refractivity contribution in [3.8, 4) is 11.5 Å². The monoisotopic (exact) mass is 384 g/mol. The SMILES string of the molecule is CCC(Oc1ccccc1C(C)CC)C(=O)NNC(=O)c1ccc(OC)cc1. The fraction of sp³-hybridized carbons (Fsp3) is 0.364. The van der Waals surface area contributed by atoms with Crippen LogP contribution in [0.1, 0.15) is 55.5 Å². The zero-order valence-electron chi connectivity index (χ0n) is 16.8. The first-order valence-corrected chi connectivity index (χ1v) is 9.49. The summed E-state index contributed by atoms with van der Waals surface area (Å²) >= 11 is 0. The molecule has 6 heteroatoms. The topological polar surface area (TPSA) is 76.7 Å². The van der Waals surface area contributed by atoms with Crippen molar-refractivity contribution in [2.75, 3.05) is 7.11 Å². The quantitative estimate of drug-likeness (QED) is 0.678. The van der Waals surface area contributed by atoms with Crippen LogP contribution >= 0.6 is 0 Å². The van der Waals surface area contributed by atoms with E-state index in [9.17, 15) is 9.59 Å². The van der Waals surface area contributed by atoms with Gasteiger partial charge in [0.1, 0.15) is 11.5 Å². The van der Waals surface area contributed by atoms with Crippen LogP contribution in [-0.4, -0.2) is 25.0 Å². The third kappa shape index (κ3) is 5.49. The van der Waals surface area contributed by atoms with Crippen molar-refractivity contribution in [2.45, 2.75) is 45.6 Å². The number of hydrazine groups is 1. The zero-order chi connectivity index (χ0) is 20.5. The lowest BCUT2D eigenvalue weighted by atomic mass is 9.98. The normalized spacial score (nSPS) is 12.6. The summed E-state index contributed by atoms with van der Waals surface area (Å²) < 4.78 is 11.0. The summed E-state index contributed by atoms with van der Waals surface area (Å²) in [4.78, 5) is 24.7. The maximum atomic E-state index is 12.5. The van der Waals surface area contributed by atoms with Crippen LogP contribution < -0.4 is 20.3 Å². The molecule has 0 aromatic heterocycles. The highest BCUT2D eigenvalue weighted by molar-refractivity contribution is 5.95. The van der Waals surface area contributed by atoms with Gasteiger partial charge in [-0.15, -0.1) is 0 Å². The summed E-state index contributed by atoms with van der Waals surface area (Å²) in [7, 11) is 1.56. The van der Waals surface area contributed by atoms with Crippen molar-refractivity contribution in [3.63, 3.8) is 0 Å². The maximum Gasteiger partial charge on any atom is 0.279 e. The van der Waals surface area contributed by atoms with Crippen molar-refractivity contribution < 1.29 is 19.1 Å². The molecule has 0 aliphatic rings. The van der Waals surface area contributed by atoms with Gasteiger partial charge in [-0.25, -0.2) is 0 Å². The molecule has 2 amide bonds. The van der Waals surface area contributed by atoms with Crippen LogP contribution in [0, 0.1) is 0 Å². The van der Waals surface area contributed by atoms with E-state index in [-0.39, 0.29) is 0 Å². The standard InChI is InChI=1S/C22H28N2O4/c1-5-15(3)18-9-7-8-10-20(18)28-19(6-2)22(26)24-23-21(25)16-11-13-17(27-4)14-12-16/h7-15,19H,5-6H2,1-4H3,(H,23,25)(H,24,26). The highest BCUT2D eigenvalue weighted by Crippen LogP contribution is 2.29. The number of nitrogens with one attached hydrogen (secondary N) is 2. The first kappa shape index (κ1) is 21.3. The van der Waals surface area contributed by atoms with Gasteiger partial charge in [0.15, 0.2) is 6.10 Å². The number of methoxy groups -OCH3 is 1. The molecular weight excluding hydrogens is 356 g/mol. The van der Waals surface area contributed by atoms with E-state index < -0.39 is 17.9 Å². The molecule has 2 aromatic carbocycles. The van der Waals surface area contributed by atoms with Crippen LogP contribution in [0.5, 0.6) is 11.5 Å².